The smallest absolute Gasteiger partial charge is 0.221 e. The summed E-state index contributed by atoms with van der Waals surface area (Å²) in [7, 11) is 1.62. The summed E-state index contributed by atoms with van der Waals surface area (Å²) >= 11 is 5.44. The van der Waals surface area contributed by atoms with Crippen LogP contribution in [0.4, 0.5) is 0 Å². The van der Waals surface area contributed by atoms with E-state index in [1.807, 2.05) is 24.3 Å². The molecule has 0 saturated heterocycles. The molecule has 1 aromatic rings. The Morgan fingerprint density at radius 3 is 3.00 bits per heavy atom. The zero-order valence-corrected chi connectivity index (χ0v) is 9.38. The highest BCUT2D eigenvalue weighted by atomic mass is 35.5. The summed E-state index contributed by atoms with van der Waals surface area (Å²) in [5, 5.41) is 2.77. The largest absolute Gasteiger partial charge is 0.497 e. The van der Waals surface area contributed by atoms with Crippen LogP contribution < -0.4 is 10.1 Å². The van der Waals surface area contributed by atoms with Crippen molar-refractivity contribution in [1.82, 2.24) is 5.32 Å². The second-order valence-electron chi connectivity index (χ2n) is 3.07. The predicted octanol–water partition coefficient (Wildman–Crippen LogP) is 1.94. The van der Waals surface area contributed by atoms with Crippen molar-refractivity contribution in [2.24, 2.45) is 0 Å². The van der Waals surface area contributed by atoms with Gasteiger partial charge in [0.2, 0.25) is 5.91 Å². The SMILES string of the molecule is COc1cccc(CNC(=O)CCCl)c1. The van der Waals surface area contributed by atoms with Crippen molar-refractivity contribution in [2.75, 3.05) is 13.0 Å². The molecule has 1 amide bonds. The van der Waals surface area contributed by atoms with Crippen LogP contribution in [-0.4, -0.2) is 18.9 Å². The number of hydrogen-bond donors (Lipinski definition) is 1. The van der Waals surface area contributed by atoms with E-state index in [0.29, 0.717) is 18.8 Å². The Balaban J connectivity index is 2.46. The number of alkyl halides is 1. The van der Waals surface area contributed by atoms with E-state index < -0.39 is 0 Å². The number of methoxy groups -OCH3 is 1. The van der Waals surface area contributed by atoms with Crippen LogP contribution in [0.1, 0.15) is 12.0 Å². The van der Waals surface area contributed by atoms with E-state index in [0.717, 1.165) is 11.3 Å². The summed E-state index contributed by atoms with van der Waals surface area (Å²) in [6, 6.07) is 7.58. The third kappa shape index (κ3) is 4.21. The molecule has 82 valence electrons. The maximum absolute atomic E-state index is 11.1. The van der Waals surface area contributed by atoms with Crippen LogP contribution >= 0.6 is 11.6 Å². The van der Waals surface area contributed by atoms with Crippen LogP contribution in [-0.2, 0) is 11.3 Å². The number of carbonyl (C=O) groups excluding carboxylic acids is 1. The van der Waals surface area contributed by atoms with Gasteiger partial charge in [-0.25, -0.2) is 0 Å². The quantitative estimate of drug-likeness (QED) is 0.781. The third-order valence-electron chi connectivity index (χ3n) is 1.95. The Labute approximate surface area is 94.4 Å². The number of rotatable bonds is 5. The second kappa shape index (κ2) is 6.30. The average Bonchev–Trinajstić information content (AvgIpc) is 2.27. The number of amides is 1. The molecule has 0 aliphatic rings. The highest BCUT2D eigenvalue weighted by Crippen LogP contribution is 2.12. The van der Waals surface area contributed by atoms with Gasteiger partial charge in [-0.15, -0.1) is 11.6 Å². The number of benzene rings is 1. The highest BCUT2D eigenvalue weighted by Gasteiger charge is 2.00. The molecule has 0 unspecified atom stereocenters. The van der Waals surface area contributed by atoms with Crippen molar-refractivity contribution >= 4 is 17.5 Å². The number of halogens is 1. The molecule has 0 aliphatic heterocycles. The Hall–Kier alpha value is -1.22. The monoisotopic (exact) mass is 227 g/mol. The zero-order chi connectivity index (χ0) is 11.1. The van der Waals surface area contributed by atoms with Gasteiger partial charge in [-0.2, -0.15) is 0 Å². The first kappa shape index (κ1) is 11.9. The molecule has 3 nitrogen and oxygen atoms in total. The molecule has 0 bridgehead atoms. The molecule has 0 saturated carbocycles. The van der Waals surface area contributed by atoms with Gasteiger partial charge in [0.05, 0.1) is 7.11 Å². The van der Waals surface area contributed by atoms with Gasteiger partial charge in [-0.3, -0.25) is 4.79 Å². The molecule has 0 radical (unpaired) electrons. The molecule has 1 aromatic carbocycles. The standard InChI is InChI=1S/C11H14ClNO2/c1-15-10-4-2-3-9(7-10)8-13-11(14)5-6-12/h2-4,7H,5-6,8H2,1H3,(H,13,14). The lowest BCUT2D eigenvalue weighted by Gasteiger charge is -2.05. The van der Waals surface area contributed by atoms with Crippen LogP contribution in [0.3, 0.4) is 0 Å². The molecule has 0 spiro atoms. The van der Waals surface area contributed by atoms with Gasteiger partial charge < -0.3 is 10.1 Å². The van der Waals surface area contributed by atoms with E-state index in [9.17, 15) is 4.79 Å². The van der Waals surface area contributed by atoms with Crippen LogP contribution in [0, 0.1) is 0 Å². The van der Waals surface area contributed by atoms with Crippen LogP contribution in [0.5, 0.6) is 5.75 Å². The number of hydrogen-bond acceptors (Lipinski definition) is 2. The first-order chi connectivity index (χ1) is 7.26. The molecule has 0 fully saturated rings. The topological polar surface area (TPSA) is 38.3 Å². The summed E-state index contributed by atoms with van der Waals surface area (Å²) in [4.78, 5) is 11.1. The van der Waals surface area contributed by atoms with Gasteiger partial charge in [-0.05, 0) is 17.7 Å². The molecule has 15 heavy (non-hydrogen) atoms. The third-order valence-corrected chi connectivity index (χ3v) is 2.13. The Morgan fingerprint density at radius 1 is 1.53 bits per heavy atom. The molecule has 1 N–H and O–H groups in total. The molecule has 1 rings (SSSR count). The van der Waals surface area contributed by atoms with Crippen molar-refractivity contribution in [1.29, 1.82) is 0 Å². The fourth-order valence-electron chi connectivity index (χ4n) is 1.16. The van der Waals surface area contributed by atoms with Crippen molar-refractivity contribution < 1.29 is 9.53 Å². The normalized spacial score (nSPS) is 9.73. The first-order valence-corrected chi connectivity index (χ1v) is 5.25. The predicted molar refractivity (Wildman–Crippen MR) is 60.2 cm³/mol. The maximum Gasteiger partial charge on any atom is 0.221 e. The summed E-state index contributed by atoms with van der Waals surface area (Å²) < 4.78 is 5.08. The second-order valence-corrected chi connectivity index (χ2v) is 3.45. The minimum atomic E-state index is -0.0344. The van der Waals surface area contributed by atoms with Crippen molar-refractivity contribution in [3.63, 3.8) is 0 Å². The summed E-state index contributed by atoms with van der Waals surface area (Å²) in [5.41, 5.74) is 1.01. The highest BCUT2D eigenvalue weighted by molar-refractivity contribution is 6.18. The maximum atomic E-state index is 11.1. The lowest BCUT2D eigenvalue weighted by Crippen LogP contribution is -2.22. The summed E-state index contributed by atoms with van der Waals surface area (Å²) in [6.45, 7) is 0.507. The van der Waals surface area contributed by atoms with Gasteiger partial charge >= 0.3 is 0 Å². The van der Waals surface area contributed by atoms with Crippen LogP contribution in [0.2, 0.25) is 0 Å². The van der Waals surface area contributed by atoms with E-state index in [4.69, 9.17) is 16.3 Å². The molecule has 0 heterocycles. The van der Waals surface area contributed by atoms with Gasteiger partial charge in [0, 0.05) is 18.8 Å². The Kier molecular flexibility index (Phi) is 4.98. The van der Waals surface area contributed by atoms with E-state index in [-0.39, 0.29) is 5.91 Å². The lowest BCUT2D eigenvalue weighted by atomic mass is 10.2. The van der Waals surface area contributed by atoms with Crippen LogP contribution in [0.25, 0.3) is 0 Å². The number of ether oxygens (including phenoxy) is 1. The molecule has 0 aromatic heterocycles. The van der Waals surface area contributed by atoms with Crippen molar-refractivity contribution in [2.45, 2.75) is 13.0 Å². The van der Waals surface area contributed by atoms with Gasteiger partial charge in [0.15, 0.2) is 0 Å². The molecule has 4 heteroatoms. The van der Waals surface area contributed by atoms with E-state index >= 15 is 0 Å². The van der Waals surface area contributed by atoms with Gasteiger partial charge in [0.1, 0.15) is 5.75 Å². The summed E-state index contributed by atoms with van der Waals surface area (Å²) in [5.74, 6) is 1.11. The van der Waals surface area contributed by atoms with E-state index in [1.165, 1.54) is 0 Å². The Morgan fingerprint density at radius 2 is 2.33 bits per heavy atom. The average molecular weight is 228 g/mol. The molecule has 0 atom stereocenters. The fourth-order valence-corrected chi connectivity index (χ4v) is 1.33. The zero-order valence-electron chi connectivity index (χ0n) is 8.63. The first-order valence-electron chi connectivity index (χ1n) is 4.72. The lowest BCUT2D eigenvalue weighted by molar-refractivity contribution is -0.120. The number of carbonyl (C=O) groups is 1. The van der Waals surface area contributed by atoms with Crippen LogP contribution in [0.15, 0.2) is 24.3 Å². The van der Waals surface area contributed by atoms with Crippen molar-refractivity contribution in [3.05, 3.63) is 29.8 Å². The van der Waals surface area contributed by atoms with E-state index in [1.54, 1.807) is 7.11 Å². The molecule has 0 aliphatic carbocycles. The van der Waals surface area contributed by atoms with Gasteiger partial charge in [0.25, 0.3) is 0 Å². The molecular weight excluding hydrogens is 214 g/mol. The molecular formula is C11H14ClNO2. The van der Waals surface area contributed by atoms with Gasteiger partial charge in [-0.1, -0.05) is 12.1 Å². The summed E-state index contributed by atoms with van der Waals surface area (Å²) in [6.07, 6.45) is 0.353. The van der Waals surface area contributed by atoms with E-state index in [2.05, 4.69) is 5.32 Å². The fraction of sp³-hybridized carbons (Fsp3) is 0.364. The number of nitrogens with one attached hydrogen (secondary N) is 1. The minimum Gasteiger partial charge on any atom is -0.497 e. The van der Waals surface area contributed by atoms with Crippen molar-refractivity contribution in [3.8, 4) is 5.75 Å². The minimum absolute atomic E-state index is 0.0344. The Bertz CT molecular complexity index is 328.